The number of hydrogen-bond acceptors (Lipinski definition) is 1. The Kier molecular flexibility index (Phi) is 4.45. The summed E-state index contributed by atoms with van der Waals surface area (Å²) in [5.74, 6) is 1.09. The quantitative estimate of drug-likeness (QED) is 0.770. The number of nitrogens with one attached hydrogen (secondary N) is 1. The SMILES string of the molecule is CC=CCS1(NCC)C=CC(c2ccccc2)=C1. The molecular formula is C16H21NS. The molecule has 1 heterocycles. The zero-order valence-corrected chi connectivity index (χ0v) is 11.9. The van der Waals surface area contributed by atoms with E-state index in [0.29, 0.717) is 0 Å². The first kappa shape index (κ1) is 13.2. The van der Waals surface area contributed by atoms with Crippen molar-refractivity contribution in [3.05, 3.63) is 64.9 Å². The summed E-state index contributed by atoms with van der Waals surface area (Å²) in [7, 11) is -0.950. The Balaban J connectivity index is 2.26. The smallest absolute Gasteiger partial charge is 0.0142 e. The summed E-state index contributed by atoms with van der Waals surface area (Å²) in [6, 6.07) is 10.6. The second-order valence-corrected chi connectivity index (χ2v) is 7.15. The summed E-state index contributed by atoms with van der Waals surface area (Å²) in [4.78, 5) is 0. The highest BCUT2D eigenvalue weighted by atomic mass is 32.3. The molecule has 0 aliphatic carbocycles. The molecule has 0 spiro atoms. The number of hydrogen-bond donors (Lipinski definition) is 1. The van der Waals surface area contributed by atoms with Crippen LogP contribution in [0.25, 0.3) is 5.57 Å². The van der Waals surface area contributed by atoms with Crippen LogP contribution in [0.15, 0.2) is 59.4 Å². The predicted octanol–water partition coefficient (Wildman–Crippen LogP) is 4.46. The fraction of sp³-hybridized carbons (Fsp3) is 0.250. The van der Waals surface area contributed by atoms with Gasteiger partial charge < -0.3 is 0 Å². The van der Waals surface area contributed by atoms with Crippen LogP contribution in [0, 0.1) is 0 Å². The molecule has 1 unspecified atom stereocenters. The van der Waals surface area contributed by atoms with Crippen LogP contribution in [-0.4, -0.2) is 12.3 Å². The minimum Gasteiger partial charge on any atom is -0.274 e. The molecule has 0 radical (unpaired) electrons. The molecule has 0 aromatic heterocycles. The van der Waals surface area contributed by atoms with Crippen molar-refractivity contribution in [2.75, 3.05) is 12.3 Å². The molecule has 1 aromatic carbocycles. The lowest BCUT2D eigenvalue weighted by Gasteiger charge is -2.31. The van der Waals surface area contributed by atoms with Gasteiger partial charge in [0.1, 0.15) is 0 Å². The Morgan fingerprint density at radius 1 is 1.22 bits per heavy atom. The van der Waals surface area contributed by atoms with E-state index in [4.69, 9.17) is 0 Å². The molecule has 0 fully saturated rings. The minimum atomic E-state index is -0.950. The van der Waals surface area contributed by atoms with Gasteiger partial charge in [0.25, 0.3) is 0 Å². The van der Waals surface area contributed by atoms with Gasteiger partial charge in [-0.2, -0.15) is 0 Å². The number of rotatable bonds is 5. The Hall–Kier alpha value is -1.25. The van der Waals surface area contributed by atoms with Crippen LogP contribution >= 0.6 is 10.2 Å². The molecule has 1 aromatic rings. The van der Waals surface area contributed by atoms with Gasteiger partial charge in [-0.1, -0.05) is 49.4 Å². The van der Waals surface area contributed by atoms with Gasteiger partial charge in [0.2, 0.25) is 0 Å². The maximum atomic E-state index is 3.66. The Labute approximate surface area is 112 Å². The molecule has 18 heavy (non-hydrogen) atoms. The molecule has 0 bridgehead atoms. The second-order valence-electron chi connectivity index (χ2n) is 4.33. The van der Waals surface area contributed by atoms with E-state index in [9.17, 15) is 0 Å². The highest BCUT2D eigenvalue weighted by molar-refractivity contribution is 8.37. The first-order chi connectivity index (χ1) is 8.79. The molecule has 2 heteroatoms. The molecule has 0 saturated carbocycles. The monoisotopic (exact) mass is 259 g/mol. The third-order valence-electron chi connectivity index (χ3n) is 2.96. The van der Waals surface area contributed by atoms with E-state index in [-0.39, 0.29) is 0 Å². The van der Waals surface area contributed by atoms with Crippen molar-refractivity contribution in [3.8, 4) is 0 Å². The molecule has 0 amide bonds. The van der Waals surface area contributed by atoms with Gasteiger partial charge in [-0.25, -0.2) is 0 Å². The number of allylic oxidation sites excluding steroid dienone is 3. The molecule has 1 atom stereocenters. The third-order valence-corrected chi connectivity index (χ3v) is 5.82. The largest absolute Gasteiger partial charge is 0.274 e. The van der Waals surface area contributed by atoms with Crippen molar-refractivity contribution in [1.29, 1.82) is 0 Å². The van der Waals surface area contributed by atoms with E-state index in [2.05, 4.69) is 77.9 Å². The van der Waals surface area contributed by atoms with Gasteiger partial charge in [-0.05, 0) is 35.0 Å². The van der Waals surface area contributed by atoms with Crippen LogP contribution in [0.3, 0.4) is 0 Å². The first-order valence-electron chi connectivity index (χ1n) is 6.42. The maximum Gasteiger partial charge on any atom is 0.0142 e. The average Bonchev–Trinajstić information content (AvgIpc) is 2.83. The lowest BCUT2D eigenvalue weighted by molar-refractivity contribution is 1.02. The van der Waals surface area contributed by atoms with Crippen molar-refractivity contribution >= 4 is 15.8 Å². The van der Waals surface area contributed by atoms with Crippen LogP contribution in [0.5, 0.6) is 0 Å². The van der Waals surface area contributed by atoms with E-state index in [1.807, 2.05) is 0 Å². The zero-order chi connectivity index (χ0) is 12.8. The van der Waals surface area contributed by atoms with Gasteiger partial charge in [0.15, 0.2) is 0 Å². The van der Waals surface area contributed by atoms with Gasteiger partial charge in [-0.15, -0.1) is 10.2 Å². The zero-order valence-electron chi connectivity index (χ0n) is 11.1. The average molecular weight is 259 g/mol. The molecule has 96 valence electrons. The normalized spacial score (nSPS) is 26.2. The van der Waals surface area contributed by atoms with Gasteiger partial charge in [0, 0.05) is 12.3 Å². The van der Waals surface area contributed by atoms with Gasteiger partial charge in [0.05, 0.1) is 0 Å². The van der Waals surface area contributed by atoms with Crippen molar-refractivity contribution in [2.45, 2.75) is 13.8 Å². The molecule has 2 rings (SSSR count). The fourth-order valence-corrected chi connectivity index (χ4v) is 4.76. The highest BCUT2D eigenvalue weighted by Gasteiger charge is 2.21. The van der Waals surface area contributed by atoms with Crippen molar-refractivity contribution in [2.24, 2.45) is 0 Å². The van der Waals surface area contributed by atoms with Crippen LogP contribution < -0.4 is 4.72 Å². The Morgan fingerprint density at radius 2 is 2.00 bits per heavy atom. The van der Waals surface area contributed by atoms with Crippen molar-refractivity contribution in [1.82, 2.24) is 4.72 Å². The van der Waals surface area contributed by atoms with Crippen LogP contribution in [0.2, 0.25) is 0 Å². The van der Waals surface area contributed by atoms with Gasteiger partial charge >= 0.3 is 0 Å². The van der Waals surface area contributed by atoms with E-state index in [1.165, 1.54) is 11.1 Å². The first-order valence-corrected chi connectivity index (χ1v) is 8.34. The van der Waals surface area contributed by atoms with Crippen molar-refractivity contribution in [3.63, 3.8) is 0 Å². The van der Waals surface area contributed by atoms with Crippen molar-refractivity contribution < 1.29 is 0 Å². The molecular weight excluding hydrogens is 238 g/mol. The highest BCUT2D eigenvalue weighted by Crippen LogP contribution is 2.53. The lowest BCUT2D eigenvalue weighted by Crippen LogP contribution is -2.17. The standard InChI is InChI=1S/C16H21NS/c1-3-5-12-18(17-4-2)13-11-16(14-18)15-9-7-6-8-10-15/h3,5-11,13-14,17H,4,12H2,1-2H3. The maximum absolute atomic E-state index is 3.66. The summed E-state index contributed by atoms with van der Waals surface area (Å²) in [6.45, 7) is 5.27. The van der Waals surface area contributed by atoms with E-state index in [0.717, 1.165) is 12.3 Å². The third kappa shape index (κ3) is 2.95. The summed E-state index contributed by atoms with van der Waals surface area (Å²) in [5.41, 5.74) is 2.65. The molecule has 1 N–H and O–H groups in total. The molecule has 1 aliphatic heterocycles. The predicted molar refractivity (Wildman–Crippen MR) is 84.5 cm³/mol. The summed E-state index contributed by atoms with van der Waals surface area (Å²) in [5, 5.41) is 4.78. The number of benzene rings is 1. The molecule has 0 saturated heterocycles. The molecule has 1 nitrogen and oxygen atoms in total. The Bertz CT molecular complexity index is 473. The van der Waals surface area contributed by atoms with Crippen LogP contribution in [0.1, 0.15) is 19.4 Å². The van der Waals surface area contributed by atoms with E-state index >= 15 is 0 Å². The second kappa shape index (κ2) is 6.07. The topological polar surface area (TPSA) is 12.0 Å². The molecule has 1 aliphatic rings. The van der Waals surface area contributed by atoms with Crippen LogP contribution in [-0.2, 0) is 0 Å². The van der Waals surface area contributed by atoms with Gasteiger partial charge in [-0.3, -0.25) is 4.72 Å². The van der Waals surface area contributed by atoms with Crippen LogP contribution in [0.4, 0.5) is 0 Å². The lowest BCUT2D eigenvalue weighted by atomic mass is 10.1. The summed E-state index contributed by atoms with van der Waals surface area (Å²) < 4.78 is 3.66. The Morgan fingerprint density at radius 3 is 2.67 bits per heavy atom. The summed E-state index contributed by atoms with van der Waals surface area (Å²) in [6.07, 6.45) is 6.65. The minimum absolute atomic E-state index is 0.950. The fourth-order valence-electron chi connectivity index (χ4n) is 2.07. The summed E-state index contributed by atoms with van der Waals surface area (Å²) >= 11 is 0. The van der Waals surface area contributed by atoms with E-state index < -0.39 is 10.2 Å². The van der Waals surface area contributed by atoms with E-state index in [1.54, 1.807) is 0 Å².